The molecule has 0 saturated heterocycles. The van der Waals surface area contributed by atoms with Crippen LogP contribution in [0.4, 0.5) is 0 Å². The molecule has 9 nitrogen and oxygen atoms in total. The average Bonchev–Trinajstić information content (AvgIpc) is 1.21. The molecule has 0 N–H and O–H groups in total. The Morgan fingerprint density at radius 1 is 0.307 bits per heavy atom. The van der Waals surface area contributed by atoms with Crippen LogP contribution in [-0.4, -0.2) is 82.3 Å². The Hall–Kier alpha value is -4.83. The molecule has 101 heavy (non-hydrogen) atoms. The van der Waals surface area contributed by atoms with Gasteiger partial charge in [-0.15, -0.1) is 0 Å². The van der Waals surface area contributed by atoms with E-state index >= 15 is 0 Å². The molecule has 0 heterocycles. The van der Waals surface area contributed by atoms with Crippen LogP contribution in [0.5, 0.6) is 0 Å². The summed E-state index contributed by atoms with van der Waals surface area (Å²) in [5.74, 6) is -2.31. The summed E-state index contributed by atoms with van der Waals surface area (Å²) in [4.78, 5) is 37.6. The Morgan fingerprint density at radius 3 is 0.851 bits per heavy atom. The topological polar surface area (TPSA) is 111 Å². The highest BCUT2D eigenvalue weighted by Gasteiger charge is 2.22. The van der Waals surface area contributed by atoms with Crippen LogP contribution in [0, 0.1) is 0 Å². The van der Waals surface area contributed by atoms with Crippen molar-refractivity contribution < 1.29 is 42.9 Å². The standard InChI is InChI=1S/C92H157NO8/c1-6-8-10-12-14-16-18-20-22-24-26-28-30-32-34-36-38-40-42-44-45-47-49-51-53-55-57-59-61-63-65-67-69-71-73-75-77-79-81-83-90(95)101-88(87-100-92(91(96)97)98-85-84-93(3,4)5)86-99-89(94)82-80-78-76-74-72-70-68-66-64-62-60-58-56-54-52-50-48-46-43-41-39-37-35-33-31-29-27-25-23-21-19-17-15-13-11-9-7-2/h8,10,14,16,20,22,25-28,32,34,38,40,44-45,49,51,55,57,61,63,67,69,88,92H,6-7,9,11-13,15,17-19,21,23-24,29-31,33,35-37,39,41-43,46-48,50,52-54,56,58-60,62,64-66,68,70-87H2,1-5H3/b10-8-,16-14-,22-20-,27-25-,28-26-,34-32-,40-38-,45-44-,51-49-,57-55-,63-61-,69-67-. The fourth-order valence-electron chi connectivity index (χ4n) is 11.7. The van der Waals surface area contributed by atoms with Crippen molar-refractivity contribution in [2.75, 3.05) is 47.5 Å². The largest absolute Gasteiger partial charge is 0.545 e. The van der Waals surface area contributed by atoms with E-state index < -0.39 is 24.3 Å². The van der Waals surface area contributed by atoms with Gasteiger partial charge < -0.3 is 33.3 Å². The average molecular weight is 1410 g/mol. The zero-order valence-corrected chi connectivity index (χ0v) is 66.2. The van der Waals surface area contributed by atoms with Crippen LogP contribution < -0.4 is 5.11 Å². The number of hydrogen-bond donors (Lipinski definition) is 0. The number of carboxylic acids is 1. The lowest BCUT2D eigenvalue weighted by molar-refractivity contribution is -0.870. The van der Waals surface area contributed by atoms with E-state index in [1.165, 1.54) is 205 Å². The van der Waals surface area contributed by atoms with Gasteiger partial charge in [-0.25, -0.2) is 0 Å². The predicted octanol–water partition coefficient (Wildman–Crippen LogP) is 26.0. The first-order valence-electron chi connectivity index (χ1n) is 42.0. The van der Waals surface area contributed by atoms with Crippen molar-refractivity contribution in [3.8, 4) is 0 Å². The third-order valence-corrected chi connectivity index (χ3v) is 18.1. The number of carbonyl (C=O) groups is 3. The van der Waals surface area contributed by atoms with E-state index in [4.69, 9.17) is 18.9 Å². The maximum absolute atomic E-state index is 13.0. The number of carboxylic acid groups (broad SMARTS) is 1. The quantitative estimate of drug-likeness (QED) is 0.0195. The lowest BCUT2D eigenvalue weighted by Gasteiger charge is -2.26. The smallest absolute Gasteiger partial charge is 0.306 e. The zero-order valence-electron chi connectivity index (χ0n) is 66.2. The van der Waals surface area contributed by atoms with E-state index in [2.05, 4.69) is 160 Å². The number of rotatable bonds is 77. The first-order valence-corrected chi connectivity index (χ1v) is 42.0. The summed E-state index contributed by atoms with van der Waals surface area (Å²) < 4.78 is 22.8. The molecule has 578 valence electrons. The van der Waals surface area contributed by atoms with Crippen LogP contribution in [0.1, 0.15) is 361 Å². The first kappa shape index (κ1) is 96.2. The summed E-state index contributed by atoms with van der Waals surface area (Å²) in [6.45, 7) is 4.64. The van der Waals surface area contributed by atoms with Crippen molar-refractivity contribution in [2.45, 2.75) is 373 Å². The van der Waals surface area contributed by atoms with Crippen molar-refractivity contribution >= 4 is 17.9 Å². The number of quaternary nitrogens is 1. The third-order valence-electron chi connectivity index (χ3n) is 18.1. The van der Waals surface area contributed by atoms with Crippen LogP contribution in [0.3, 0.4) is 0 Å². The molecule has 0 aliphatic heterocycles. The number of carbonyl (C=O) groups excluding carboxylic acids is 3. The number of esters is 2. The monoisotopic (exact) mass is 1400 g/mol. The van der Waals surface area contributed by atoms with E-state index in [0.717, 1.165) is 122 Å². The molecular weight excluding hydrogens is 1250 g/mol. The molecule has 0 aromatic heterocycles. The fraction of sp³-hybridized carbons (Fsp3) is 0.707. The van der Waals surface area contributed by atoms with E-state index in [1.54, 1.807) is 0 Å². The van der Waals surface area contributed by atoms with Gasteiger partial charge in [0, 0.05) is 12.8 Å². The second-order valence-corrected chi connectivity index (χ2v) is 29.0. The van der Waals surface area contributed by atoms with Gasteiger partial charge in [0.1, 0.15) is 13.2 Å². The van der Waals surface area contributed by atoms with Crippen molar-refractivity contribution in [2.24, 2.45) is 0 Å². The van der Waals surface area contributed by atoms with Gasteiger partial charge in [0.25, 0.3) is 0 Å². The van der Waals surface area contributed by atoms with Crippen LogP contribution in [0.15, 0.2) is 146 Å². The second-order valence-electron chi connectivity index (χ2n) is 29.0. The molecule has 0 aromatic rings. The van der Waals surface area contributed by atoms with Crippen molar-refractivity contribution in [3.63, 3.8) is 0 Å². The number of aliphatic carboxylic acids is 1. The van der Waals surface area contributed by atoms with Crippen LogP contribution >= 0.6 is 0 Å². The molecule has 0 rings (SSSR count). The van der Waals surface area contributed by atoms with Crippen molar-refractivity contribution in [1.82, 2.24) is 0 Å². The summed E-state index contributed by atoms with van der Waals surface area (Å²) in [5.41, 5.74) is 0. The number of nitrogens with zero attached hydrogens (tertiary/aromatic N) is 1. The van der Waals surface area contributed by atoms with Gasteiger partial charge in [0.05, 0.1) is 40.3 Å². The summed E-state index contributed by atoms with van der Waals surface area (Å²) in [5, 5.41) is 11.9. The van der Waals surface area contributed by atoms with E-state index in [9.17, 15) is 19.5 Å². The number of allylic oxidation sites excluding steroid dienone is 24. The molecule has 0 amide bonds. The molecule has 9 heteroatoms. The van der Waals surface area contributed by atoms with Crippen molar-refractivity contribution in [3.05, 3.63) is 146 Å². The third kappa shape index (κ3) is 82.3. The molecule has 0 aliphatic carbocycles. The minimum Gasteiger partial charge on any atom is -0.545 e. The van der Waals surface area contributed by atoms with E-state index in [-0.39, 0.29) is 38.6 Å². The Balaban J connectivity index is 4.08. The van der Waals surface area contributed by atoms with Gasteiger partial charge >= 0.3 is 11.9 Å². The summed E-state index contributed by atoms with van der Waals surface area (Å²) in [6, 6.07) is 0. The van der Waals surface area contributed by atoms with Crippen LogP contribution in [0.2, 0.25) is 0 Å². The highest BCUT2D eigenvalue weighted by atomic mass is 16.7. The summed E-state index contributed by atoms with van der Waals surface area (Å²) in [6.07, 6.45) is 116. The maximum atomic E-state index is 13.0. The minimum absolute atomic E-state index is 0.138. The van der Waals surface area contributed by atoms with Gasteiger partial charge in [0.15, 0.2) is 12.4 Å². The Kier molecular flexibility index (Phi) is 77.0. The molecule has 0 spiro atoms. The van der Waals surface area contributed by atoms with Gasteiger partial charge in [-0.2, -0.15) is 0 Å². The lowest BCUT2D eigenvalue weighted by Crippen LogP contribution is -2.44. The number of unbranched alkanes of at least 4 members (excludes halogenated alkanes) is 38. The Labute approximate surface area is 623 Å². The summed E-state index contributed by atoms with van der Waals surface area (Å²) >= 11 is 0. The van der Waals surface area contributed by atoms with Gasteiger partial charge in [-0.3, -0.25) is 9.59 Å². The molecular formula is C92H157NO8. The van der Waals surface area contributed by atoms with Crippen LogP contribution in [-0.2, 0) is 33.3 Å². The molecule has 0 aliphatic rings. The molecule has 0 aromatic carbocycles. The van der Waals surface area contributed by atoms with Gasteiger partial charge in [-0.05, 0) is 122 Å². The van der Waals surface area contributed by atoms with Gasteiger partial charge in [0.2, 0.25) is 0 Å². The molecule has 2 unspecified atom stereocenters. The normalized spacial score (nSPS) is 13.4. The van der Waals surface area contributed by atoms with Crippen LogP contribution in [0.25, 0.3) is 0 Å². The predicted molar refractivity (Wildman–Crippen MR) is 435 cm³/mol. The fourth-order valence-corrected chi connectivity index (χ4v) is 11.7. The van der Waals surface area contributed by atoms with E-state index in [0.29, 0.717) is 17.4 Å². The number of hydrogen-bond acceptors (Lipinski definition) is 8. The Morgan fingerprint density at radius 2 is 0.564 bits per heavy atom. The second kappa shape index (κ2) is 80.8. The molecule has 0 fully saturated rings. The molecule has 0 saturated carbocycles. The maximum Gasteiger partial charge on any atom is 0.306 e. The Bertz CT molecular complexity index is 2180. The van der Waals surface area contributed by atoms with Crippen molar-refractivity contribution in [1.29, 1.82) is 0 Å². The SMILES string of the molecule is CC/C=C\C/C=C\C/C=C\C/C=C\C/C=C\C/C=C\C/C=C\C/C=C\C/C=C\C/C=C\C/C=C\CCCCCCCC(=O)OC(COC(=O)CCCCCCCCCCCCCCCCCCCCCCCCCCC/C=C\CCCCCCCCCC)COC(OCC[N+](C)(C)C)C(=O)[O-]. The molecule has 2 atom stereocenters. The minimum atomic E-state index is -1.64. The number of likely N-dealkylation sites (N-methyl/N-ethyl adjacent to an activating group) is 1. The molecule has 0 radical (unpaired) electrons. The summed E-state index contributed by atoms with van der Waals surface area (Å²) in [7, 11) is 5.93. The molecule has 0 bridgehead atoms. The zero-order chi connectivity index (χ0) is 73.2. The number of ether oxygens (including phenoxy) is 4. The van der Waals surface area contributed by atoms with Gasteiger partial charge in [-0.1, -0.05) is 372 Å². The first-order chi connectivity index (χ1) is 49.6. The lowest BCUT2D eigenvalue weighted by atomic mass is 10.0. The highest BCUT2D eigenvalue weighted by molar-refractivity contribution is 5.70. The highest BCUT2D eigenvalue weighted by Crippen LogP contribution is 2.19. The van der Waals surface area contributed by atoms with E-state index in [1.807, 2.05) is 21.1 Å².